The van der Waals surface area contributed by atoms with Crippen LogP contribution in [0, 0.1) is 29.8 Å². The largest absolute Gasteiger partial charge is 0.497 e. The van der Waals surface area contributed by atoms with E-state index in [0.29, 0.717) is 37.6 Å². The number of aliphatic hydroxyl groups is 2. The lowest BCUT2D eigenvalue weighted by Gasteiger charge is -2.41. The summed E-state index contributed by atoms with van der Waals surface area (Å²) < 4.78 is 46.1. The summed E-state index contributed by atoms with van der Waals surface area (Å²) in [5.74, 6) is -2.20. The molecule has 1 fully saturated rings. The van der Waals surface area contributed by atoms with Crippen molar-refractivity contribution in [3.63, 3.8) is 0 Å². The van der Waals surface area contributed by atoms with E-state index in [1.54, 1.807) is 13.3 Å². The van der Waals surface area contributed by atoms with E-state index < -0.39 is 23.6 Å². The molecule has 0 saturated carbocycles. The fourth-order valence-corrected chi connectivity index (χ4v) is 5.47. The first-order valence-electron chi connectivity index (χ1n) is 12.8. The van der Waals surface area contributed by atoms with E-state index in [1.807, 2.05) is 25.1 Å². The zero-order chi connectivity index (χ0) is 26.6. The highest BCUT2D eigenvalue weighted by molar-refractivity contribution is 5.84. The lowest BCUT2D eigenvalue weighted by molar-refractivity contribution is 0.0234. The van der Waals surface area contributed by atoms with Crippen molar-refractivity contribution in [2.45, 2.75) is 51.6 Å². The number of aromatic nitrogens is 1. The van der Waals surface area contributed by atoms with Crippen molar-refractivity contribution >= 4 is 10.9 Å². The fourth-order valence-electron chi connectivity index (χ4n) is 5.47. The third kappa shape index (κ3) is 6.25. The van der Waals surface area contributed by atoms with Crippen LogP contribution in [0.2, 0.25) is 0 Å². The second-order valence-electron chi connectivity index (χ2n) is 10.3. The number of hydrogen-bond donors (Lipinski definition) is 2. The van der Waals surface area contributed by atoms with Gasteiger partial charge in [-0.2, -0.15) is 0 Å². The molecule has 8 heteroatoms. The first kappa shape index (κ1) is 27.4. The van der Waals surface area contributed by atoms with Crippen molar-refractivity contribution in [2.24, 2.45) is 5.41 Å². The first-order valence-corrected chi connectivity index (χ1v) is 12.8. The molecule has 2 aromatic carbocycles. The van der Waals surface area contributed by atoms with Gasteiger partial charge in [-0.3, -0.25) is 4.98 Å². The van der Waals surface area contributed by atoms with Crippen LogP contribution >= 0.6 is 0 Å². The predicted octanol–water partition coefficient (Wildman–Crippen LogP) is 5.49. The van der Waals surface area contributed by atoms with Gasteiger partial charge in [0, 0.05) is 24.3 Å². The summed E-state index contributed by atoms with van der Waals surface area (Å²) in [4.78, 5) is 6.72. The average Bonchev–Trinajstić information content (AvgIpc) is 2.90. The number of pyridine rings is 1. The van der Waals surface area contributed by atoms with Gasteiger partial charge in [-0.25, -0.2) is 13.2 Å². The molecule has 2 N–H and O–H groups in total. The van der Waals surface area contributed by atoms with E-state index in [-0.39, 0.29) is 24.0 Å². The zero-order valence-electron chi connectivity index (χ0n) is 21.4. The Bertz CT molecular complexity index is 1230. The highest BCUT2D eigenvalue weighted by Crippen LogP contribution is 2.39. The Morgan fingerprint density at radius 2 is 1.89 bits per heavy atom. The Morgan fingerprint density at radius 1 is 1.14 bits per heavy atom. The number of benzene rings is 2. The summed E-state index contributed by atoms with van der Waals surface area (Å²) in [5, 5.41) is 22.3. The zero-order valence-corrected chi connectivity index (χ0v) is 21.4. The second-order valence-corrected chi connectivity index (χ2v) is 10.3. The molecule has 1 aliphatic rings. The molecule has 37 heavy (non-hydrogen) atoms. The van der Waals surface area contributed by atoms with Crippen LogP contribution in [0.25, 0.3) is 10.9 Å². The number of ether oxygens (including phenoxy) is 1. The molecule has 1 saturated heterocycles. The maximum absolute atomic E-state index is 13.9. The van der Waals surface area contributed by atoms with Crippen molar-refractivity contribution in [1.82, 2.24) is 9.88 Å². The molecule has 3 aromatic rings. The number of piperidine rings is 1. The van der Waals surface area contributed by atoms with E-state index in [2.05, 4.69) is 9.88 Å². The topological polar surface area (TPSA) is 65.8 Å². The van der Waals surface area contributed by atoms with Gasteiger partial charge in [-0.05, 0) is 111 Å². The monoisotopic (exact) mass is 516 g/mol. The van der Waals surface area contributed by atoms with Crippen LogP contribution in [0.15, 0.2) is 36.5 Å². The maximum atomic E-state index is 13.9. The smallest absolute Gasteiger partial charge is 0.162 e. The van der Waals surface area contributed by atoms with Gasteiger partial charge >= 0.3 is 0 Å². The molecule has 0 amide bonds. The van der Waals surface area contributed by atoms with Gasteiger partial charge < -0.3 is 19.8 Å². The summed E-state index contributed by atoms with van der Waals surface area (Å²) in [7, 11) is 1.61. The van der Waals surface area contributed by atoms with Crippen LogP contribution in [-0.4, -0.2) is 53.4 Å². The van der Waals surface area contributed by atoms with Crippen LogP contribution in [0.4, 0.5) is 13.2 Å². The second kappa shape index (κ2) is 11.8. The third-order valence-corrected chi connectivity index (χ3v) is 7.84. The van der Waals surface area contributed by atoms with Crippen molar-refractivity contribution in [3.8, 4) is 5.75 Å². The normalized spacial score (nSPS) is 16.7. The number of methoxy groups -OCH3 is 1. The quantitative estimate of drug-likeness (QED) is 0.349. The molecule has 0 aliphatic carbocycles. The molecule has 5 nitrogen and oxygen atoms in total. The number of halogens is 3. The number of aliphatic hydroxyl groups excluding tert-OH is 2. The van der Waals surface area contributed by atoms with Gasteiger partial charge in [-0.1, -0.05) is 0 Å². The first-order chi connectivity index (χ1) is 17.7. The molecule has 0 bridgehead atoms. The highest BCUT2D eigenvalue weighted by atomic mass is 19.2. The van der Waals surface area contributed by atoms with E-state index >= 15 is 0 Å². The molecular weight excluding hydrogens is 481 g/mol. The Kier molecular flexibility index (Phi) is 8.72. The van der Waals surface area contributed by atoms with Crippen LogP contribution in [-0.2, 0) is 6.42 Å². The number of rotatable bonds is 10. The number of nitrogens with zero attached hydrogens (tertiary/aromatic N) is 2. The summed E-state index contributed by atoms with van der Waals surface area (Å²) in [5.41, 5.74) is 2.34. The maximum Gasteiger partial charge on any atom is 0.162 e. The van der Waals surface area contributed by atoms with E-state index in [9.17, 15) is 23.4 Å². The molecule has 1 atom stereocenters. The number of likely N-dealkylation sites (tertiary alicyclic amines) is 1. The minimum absolute atomic E-state index is 0.0469. The van der Waals surface area contributed by atoms with Gasteiger partial charge in [0.25, 0.3) is 0 Å². The van der Waals surface area contributed by atoms with Crippen molar-refractivity contribution in [2.75, 3.05) is 33.4 Å². The summed E-state index contributed by atoms with van der Waals surface area (Å²) >= 11 is 0. The lowest BCUT2D eigenvalue weighted by atomic mass is 9.74. The van der Waals surface area contributed by atoms with Crippen LogP contribution in [0.5, 0.6) is 5.75 Å². The van der Waals surface area contributed by atoms with Gasteiger partial charge in [0.2, 0.25) is 0 Å². The molecule has 200 valence electrons. The lowest BCUT2D eigenvalue weighted by Crippen LogP contribution is -2.42. The number of aryl methyl sites for hydroxylation is 2. The Hall–Kier alpha value is -2.68. The summed E-state index contributed by atoms with van der Waals surface area (Å²) in [6.07, 6.45) is 4.69. The Labute approximate surface area is 215 Å². The standard InChI is InChI=1S/C29H35F3N2O3/c1-19-17-33-25-6-5-22(37-2)16-23(25)27(19)26(36)7-8-29(18-35)9-12-34(13-10-29)11-3-4-20-14-21(30)15-24(31)28(20)32/h5-6,14-17,26,35-36H,3-4,7-13,18H2,1-2H3/t26-/m0/s1. The third-order valence-electron chi connectivity index (χ3n) is 7.84. The predicted molar refractivity (Wildman–Crippen MR) is 137 cm³/mol. The molecule has 1 aliphatic heterocycles. The number of fused-ring (bicyclic) bond motifs is 1. The molecule has 0 unspecified atom stereocenters. The Balaban J connectivity index is 1.33. The fraction of sp³-hybridized carbons (Fsp3) is 0.483. The van der Waals surface area contributed by atoms with Gasteiger partial charge in [0.15, 0.2) is 11.6 Å². The average molecular weight is 517 g/mol. The van der Waals surface area contributed by atoms with Gasteiger partial charge in [0.1, 0.15) is 11.6 Å². The van der Waals surface area contributed by atoms with Crippen molar-refractivity contribution in [3.05, 3.63) is 70.7 Å². The van der Waals surface area contributed by atoms with Crippen LogP contribution in [0.3, 0.4) is 0 Å². The molecule has 2 heterocycles. The molecular formula is C29H35F3N2O3. The summed E-state index contributed by atoms with van der Waals surface area (Å²) in [6.45, 7) is 4.21. The van der Waals surface area contributed by atoms with Crippen molar-refractivity contribution < 1.29 is 28.1 Å². The molecule has 0 spiro atoms. The number of hydrogen-bond acceptors (Lipinski definition) is 5. The van der Waals surface area contributed by atoms with Crippen LogP contribution in [0.1, 0.15) is 54.9 Å². The van der Waals surface area contributed by atoms with Crippen LogP contribution < -0.4 is 4.74 Å². The molecule has 0 radical (unpaired) electrons. The minimum atomic E-state index is -1.16. The van der Waals surface area contributed by atoms with E-state index in [1.165, 1.54) is 0 Å². The summed E-state index contributed by atoms with van der Waals surface area (Å²) in [6, 6.07) is 7.25. The minimum Gasteiger partial charge on any atom is -0.497 e. The van der Waals surface area contributed by atoms with Gasteiger partial charge in [-0.15, -0.1) is 0 Å². The highest BCUT2D eigenvalue weighted by Gasteiger charge is 2.34. The van der Waals surface area contributed by atoms with E-state index in [4.69, 9.17) is 4.74 Å². The van der Waals surface area contributed by atoms with Crippen molar-refractivity contribution in [1.29, 1.82) is 0 Å². The van der Waals surface area contributed by atoms with E-state index in [0.717, 1.165) is 54.0 Å². The SMILES string of the molecule is COc1ccc2ncc(C)c([C@@H](O)CCC3(CO)CCN(CCCc4cc(F)cc(F)c4F)CC3)c2c1. The Morgan fingerprint density at radius 3 is 2.59 bits per heavy atom. The molecule has 4 rings (SSSR count). The molecule has 1 aromatic heterocycles. The van der Waals surface area contributed by atoms with Gasteiger partial charge in [0.05, 0.1) is 18.7 Å².